The Kier molecular flexibility index (Phi) is 3.43. The van der Waals surface area contributed by atoms with Gasteiger partial charge in [0, 0.05) is 18.3 Å². The van der Waals surface area contributed by atoms with Crippen LogP contribution in [-0.4, -0.2) is 23.8 Å². The summed E-state index contributed by atoms with van der Waals surface area (Å²) >= 11 is 0. The Balaban J connectivity index is 1.52. The van der Waals surface area contributed by atoms with Gasteiger partial charge in [-0.15, -0.1) is 0 Å². The summed E-state index contributed by atoms with van der Waals surface area (Å²) in [4.78, 5) is 24.7. The van der Waals surface area contributed by atoms with Gasteiger partial charge < -0.3 is 4.74 Å². The molecule has 1 aliphatic heterocycles. The number of ketones is 2. The monoisotopic (exact) mass is 342 g/mol. The number of fused-ring (bicyclic) bond motifs is 6. The molecule has 4 aliphatic carbocycles. The highest BCUT2D eigenvalue weighted by atomic mass is 16.5. The van der Waals surface area contributed by atoms with Gasteiger partial charge in [-0.25, -0.2) is 0 Å². The molecule has 1 heterocycles. The van der Waals surface area contributed by atoms with Crippen molar-refractivity contribution in [2.45, 2.75) is 70.8 Å². The van der Waals surface area contributed by atoms with Gasteiger partial charge in [0.2, 0.25) is 0 Å². The summed E-state index contributed by atoms with van der Waals surface area (Å²) in [6, 6.07) is 0. The summed E-state index contributed by atoms with van der Waals surface area (Å²) in [5, 5.41) is 0. The molecule has 0 bridgehead atoms. The molecule has 3 nitrogen and oxygen atoms in total. The zero-order valence-electron chi connectivity index (χ0n) is 15.6. The van der Waals surface area contributed by atoms with Crippen molar-refractivity contribution in [1.29, 1.82) is 0 Å². The maximum atomic E-state index is 12.8. The first-order valence-corrected chi connectivity index (χ1v) is 10.4. The lowest BCUT2D eigenvalue weighted by Crippen LogP contribution is -2.57. The zero-order valence-corrected chi connectivity index (χ0v) is 15.6. The number of allylic oxidation sites excluding steroid dienone is 1. The number of ether oxygens (including phenoxy) is 1. The van der Waals surface area contributed by atoms with E-state index in [1.54, 1.807) is 0 Å². The van der Waals surface area contributed by atoms with Crippen LogP contribution in [0, 0.1) is 35.0 Å². The van der Waals surface area contributed by atoms with Gasteiger partial charge in [0.1, 0.15) is 5.60 Å². The topological polar surface area (TPSA) is 43.4 Å². The van der Waals surface area contributed by atoms with Gasteiger partial charge in [-0.05, 0) is 74.2 Å². The number of hydrogen-bond donors (Lipinski definition) is 0. The van der Waals surface area contributed by atoms with Gasteiger partial charge in [-0.3, -0.25) is 9.59 Å². The van der Waals surface area contributed by atoms with Crippen LogP contribution in [0.4, 0.5) is 0 Å². The molecule has 25 heavy (non-hydrogen) atoms. The van der Waals surface area contributed by atoms with Crippen LogP contribution >= 0.6 is 0 Å². The maximum absolute atomic E-state index is 12.8. The third-order valence-electron chi connectivity index (χ3n) is 8.85. The Bertz CT molecular complexity index is 664. The molecule has 5 rings (SSSR count). The Labute approximate surface area is 150 Å². The minimum absolute atomic E-state index is 0.0207. The summed E-state index contributed by atoms with van der Waals surface area (Å²) in [6.07, 6.45) is 9.89. The van der Waals surface area contributed by atoms with Crippen LogP contribution in [-0.2, 0) is 14.3 Å². The molecule has 5 aliphatic rings. The minimum atomic E-state index is -0.477. The summed E-state index contributed by atoms with van der Waals surface area (Å²) in [5.74, 6) is 3.98. The molecule has 1 saturated heterocycles. The highest BCUT2D eigenvalue weighted by Crippen LogP contribution is 2.68. The van der Waals surface area contributed by atoms with Gasteiger partial charge in [-0.2, -0.15) is 0 Å². The van der Waals surface area contributed by atoms with Gasteiger partial charge >= 0.3 is 0 Å². The number of hydrogen-bond acceptors (Lipinski definition) is 3. The first kappa shape index (κ1) is 16.2. The molecule has 3 saturated carbocycles. The third kappa shape index (κ3) is 1.97. The van der Waals surface area contributed by atoms with E-state index in [4.69, 9.17) is 4.74 Å². The molecule has 0 radical (unpaired) electrons. The Hall–Kier alpha value is -0.960. The summed E-state index contributed by atoms with van der Waals surface area (Å²) in [7, 11) is 0. The predicted molar refractivity (Wildman–Crippen MR) is 94.9 cm³/mol. The van der Waals surface area contributed by atoms with Crippen molar-refractivity contribution >= 4 is 11.6 Å². The number of carbonyl (C=O) groups excluding carboxylic acids is 2. The third-order valence-corrected chi connectivity index (χ3v) is 8.85. The molecule has 3 heteroatoms. The fraction of sp³-hybridized carbons (Fsp3) is 0.818. The standard InChI is InChI=1S/C22H30O3/c1-13-12-21(2)18(7-9-22(21)19(24)8-10-25-22)17-5-3-14-11-15(23)4-6-16(14)20(13)17/h11,13,16-18,20H,3-10,12H2,1-2H3/t13-,16-,17-,18-,20+,21-,22+/m0/s1. The maximum Gasteiger partial charge on any atom is 0.167 e. The summed E-state index contributed by atoms with van der Waals surface area (Å²) in [6.45, 7) is 5.40. The highest BCUT2D eigenvalue weighted by Gasteiger charge is 2.68. The average Bonchev–Trinajstić information content (AvgIpc) is 3.09. The molecule has 1 spiro atoms. The molecular formula is C22H30O3. The van der Waals surface area contributed by atoms with Crippen LogP contribution in [0.2, 0.25) is 0 Å². The van der Waals surface area contributed by atoms with E-state index < -0.39 is 5.60 Å². The first-order chi connectivity index (χ1) is 12.0. The van der Waals surface area contributed by atoms with Gasteiger partial charge in [0.05, 0.1) is 6.61 Å². The molecule has 136 valence electrons. The fourth-order valence-corrected chi connectivity index (χ4v) is 8.04. The van der Waals surface area contributed by atoms with Crippen molar-refractivity contribution in [3.8, 4) is 0 Å². The Morgan fingerprint density at radius 1 is 1.12 bits per heavy atom. The van der Waals surface area contributed by atoms with Crippen LogP contribution in [0.5, 0.6) is 0 Å². The quantitative estimate of drug-likeness (QED) is 0.665. The molecule has 7 atom stereocenters. The summed E-state index contributed by atoms with van der Waals surface area (Å²) in [5.41, 5.74) is 0.983. The van der Waals surface area contributed by atoms with Gasteiger partial charge in [-0.1, -0.05) is 19.4 Å². The van der Waals surface area contributed by atoms with E-state index in [0.717, 1.165) is 38.5 Å². The molecular weight excluding hydrogens is 312 g/mol. The van der Waals surface area contributed by atoms with Crippen LogP contribution < -0.4 is 0 Å². The first-order valence-electron chi connectivity index (χ1n) is 10.4. The van der Waals surface area contributed by atoms with E-state index in [0.29, 0.717) is 54.2 Å². The van der Waals surface area contributed by atoms with Crippen molar-refractivity contribution in [1.82, 2.24) is 0 Å². The lowest BCUT2D eigenvalue weighted by Gasteiger charge is -2.58. The van der Waals surface area contributed by atoms with E-state index in [-0.39, 0.29) is 5.41 Å². The second kappa shape index (κ2) is 5.28. The second-order valence-corrected chi connectivity index (χ2v) is 9.70. The average molecular weight is 342 g/mol. The lowest BCUT2D eigenvalue weighted by atomic mass is 9.47. The van der Waals surface area contributed by atoms with Crippen molar-refractivity contribution < 1.29 is 14.3 Å². The molecule has 0 unspecified atom stereocenters. The van der Waals surface area contributed by atoms with E-state index in [1.165, 1.54) is 12.0 Å². The van der Waals surface area contributed by atoms with Crippen LogP contribution in [0.1, 0.15) is 65.2 Å². The predicted octanol–water partition coefficient (Wildman–Crippen LogP) is 4.10. The Morgan fingerprint density at radius 2 is 1.96 bits per heavy atom. The smallest absolute Gasteiger partial charge is 0.167 e. The van der Waals surface area contributed by atoms with Crippen molar-refractivity contribution in [3.05, 3.63) is 11.6 Å². The van der Waals surface area contributed by atoms with Gasteiger partial charge in [0.15, 0.2) is 11.6 Å². The van der Waals surface area contributed by atoms with Crippen LogP contribution in [0.3, 0.4) is 0 Å². The molecule has 4 fully saturated rings. The zero-order chi connectivity index (χ0) is 17.4. The normalized spacial score (nSPS) is 51.9. The SMILES string of the molecule is C[C@H]1C[C@@]2(C)[C@@H](CC[C@]23OCCC3=O)[C@@H]2CCC3=CC(=O)CC[C@@H]3[C@H]21. The molecule has 0 aromatic heterocycles. The number of carbonyl (C=O) groups is 2. The summed E-state index contributed by atoms with van der Waals surface area (Å²) < 4.78 is 6.23. The van der Waals surface area contributed by atoms with Crippen molar-refractivity contribution in [3.63, 3.8) is 0 Å². The highest BCUT2D eigenvalue weighted by molar-refractivity contribution is 5.91. The van der Waals surface area contributed by atoms with E-state index in [1.807, 2.05) is 6.08 Å². The largest absolute Gasteiger partial charge is 0.366 e. The van der Waals surface area contributed by atoms with Crippen LogP contribution in [0.25, 0.3) is 0 Å². The fourth-order valence-electron chi connectivity index (χ4n) is 8.04. The van der Waals surface area contributed by atoms with Crippen LogP contribution in [0.15, 0.2) is 11.6 Å². The lowest BCUT2D eigenvalue weighted by molar-refractivity contribution is -0.162. The van der Waals surface area contributed by atoms with E-state index in [2.05, 4.69) is 13.8 Å². The molecule has 0 amide bonds. The Morgan fingerprint density at radius 3 is 2.72 bits per heavy atom. The minimum Gasteiger partial charge on any atom is -0.366 e. The molecule has 0 N–H and O–H groups in total. The van der Waals surface area contributed by atoms with Crippen molar-refractivity contribution in [2.24, 2.45) is 35.0 Å². The van der Waals surface area contributed by atoms with E-state index >= 15 is 0 Å². The number of rotatable bonds is 0. The van der Waals surface area contributed by atoms with E-state index in [9.17, 15) is 9.59 Å². The van der Waals surface area contributed by atoms with Crippen molar-refractivity contribution in [2.75, 3.05) is 6.61 Å². The second-order valence-electron chi connectivity index (χ2n) is 9.70. The molecule has 0 aromatic rings. The number of Topliss-reactive ketones (excluding diaryl/α,β-unsaturated/α-hetero) is 1. The van der Waals surface area contributed by atoms with Gasteiger partial charge in [0.25, 0.3) is 0 Å². The molecule has 0 aromatic carbocycles.